The van der Waals surface area contributed by atoms with Gasteiger partial charge in [0.1, 0.15) is 0 Å². The van der Waals surface area contributed by atoms with E-state index in [4.69, 9.17) is 5.11 Å². The van der Waals surface area contributed by atoms with Gasteiger partial charge >= 0.3 is 0 Å². The average Bonchev–Trinajstić information content (AvgIpc) is 3.15. The molecule has 2 aromatic rings. The van der Waals surface area contributed by atoms with Crippen LogP contribution in [-0.4, -0.2) is 21.5 Å². The Kier molecular flexibility index (Phi) is 3.15. The van der Waals surface area contributed by atoms with Crippen molar-refractivity contribution in [2.75, 3.05) is 6.61 Å². The molecule has 0 bridgehead atoms. The Balaban J connectivity index is 1.81. The zero-order valence-electron chi connectivity index (χ0n) is 10.4. The minimum atomic E-state index is 0.257. The Morgan fingerprint density at radius 2 is 1.94 bits per heavy atom. The van der Waals surface area contributed by atoms with Crippen LogP contribution in [0.3, 0.4) is 0 Å². The van der Waals surface area contributed by atoms with Crippen LogP contribution in [-0.2, 0) is 6.42 Å². The Morgan fingerprint density at radius 3 is 2.61 bits per heavy atom. The summed E-state index contributed by atoms with van der Waals surface area (Å²) < 4.78 is 2.05. The highest BCUT2D eigenvalue weighted by atomic mass is 16.2. The van der Waals surface area contributed by atoms with E-state index in [9.17, 15) is 0 Å². The highest BCUT2D eigenvalue weighted by Crippen LogP contribution is 2.40. The molecule has 94 valence electrons. The summed E-state index contributed by atoms with van der Waals surface area (Å²) in [6, 6.07) is 10.6. The van der Waals surface area contributed by atoms with Crippen molar-refractivity contribution in [1.29, 1.82) is 0 Å². The normalized spacial score (nSPS) is 14.9. The first-order valence-corrected chi connectivity index (χ1v) is 6.62. The second-order valence-electron chi connectivity index (χ2n) is 4.94. The number of hydrogen-bond donors (Lipinski definition) is 1. The number of aliphatic hydroxyl groups is 1. The maximum atomic E-state index is 8.82. The van der Waals surface area contributed by atoms with E-state index in [1.807, 2.05) is 10.9 Å². The smallest absolute Gasteiger partial charge is 0.0649 e. The van der Waals surface area contributed by atoms with Gasteiger partial charge in [0.2, 0.25) is 0 Å². The quantitative estimate of drug-likeness (QED) is 0.875. The van der Waals surface area contributed by atoms with E-state index in [-0.39, 0.29) is 6.61 Å². The van der Waals surface area contributed by atoms with Crippen LogP contribution < -0.4 is 0 Å². The fourth-order valence-electron chi connectivity index (χ4n) is 2.30. The van der Waals surface area contributed by atoms with Crippen LogP contribution in [0, 0.1) is 0 Å². The van der Waals surface area contributed by atoms with Crippen molar-refractivity contribution < 1.29 is 5.11 Å². The van der Waals surface area contributed by atoms with E-state index < -0.39 is 0 Å². The molecule has 0 atom stereocenters. The Bertz CT molecular complexity index is 512. The number of hydrogen-bond acceptors (Lipinski definition) is 2. The fraction of sp³-hybridized carbons (Fsp3) is 0.400. The molecule has 0 saturated heterocycles. The van der Waals surface area contributed by atoms with E-state index in [0.717, 1.165) is 18.5 Å². The minimum absolute atomic E-state index is 0.257. The zero-order chi connectivity index (χ0) is 12.4. The summed E-state index contributed by atoms with van der Waals surface area (Å²) in [5, 5.41) is 13.2. The van der Waals surface area contributed by atoms with E-state index in [2.05, 4.69) is 35.4 Å². The molecule has 0 aliphatic heterocycles. The van der Waals surface area contributed by atoms with Crippen LogP contribution in [0.25, 0.3) is 5.69 Å². The van der Waals surface area contributed by atoms with Crippen molar-refractivity contribution in [3.05, 3.63) is 47.8 Å². The number of rotatable bonds is 5. The average molecular weight is 242 g/mol. The van der Waals surface area contributed by atoms with Crippen molar-refractivity contribution in [2.24, 2.45) is 0 Å². The molecule has 3 nitrogen and oxygen atoms in total. The van der Waals surface area contributed by atoms with Gasteiger partial charge in [-0.15, -0.1) is 0 Å². The maximum Gasteiger partial charge on any atom is 0.0649 e. The Hall–Kier alpha value is -1.61. The molecule has 3 rings (SSSR count). The van der Waals surface area contributed by atoms with Gasteiger partial charge in [-0.25, -0.2) is 4.68 Å². The molecule has 18 heavy (non-hydrogen) atoms. The van der Waals surface area contributed by atoms with Crippen molar-refractivity contribution >= 4 is 0 Å². The third-order valence-corrected chi connectivity index (χ3v) is 3.47. The molecule has 1 heterocycles. The van der Waals surface area contributed by atoms with E-state index in [1.165, 1.54) is 24.1 Å². The predicted octanol–water partition coefficient (Wildman–Crippen LogP) is 2.67. The fourth-order valence-corrected chi connectivity index (χ4v) is 2.30. The molecule has 1 aromatic carbocycles. The largest absolute Gasteiger partial charge is 0.396 e. The van der Waals surface area contributed by atoms with Crippen LogP contribution in [0.5, 0.6) is 0 Å². The van der Waals surface area contributed by atoms with Crippen LogP contribution in [0.4, 0.5) is 0 Å². The molecule has 0 unspecified atom stereocenters. The maximum absolute atomic E-state index is 8.82. The summed E-state index contributed by atoms with van der Waals surface area (Å²) in [6.45, 7) is 0.257. The van der Waals surface area contributed by atoms with Gasteiger partial charge in [-0.05, 0) is 49.4 Å². The standard InChI is InChI=1S/C15H18N2O/c18-11-1-2-12-3-7-14(8-4-12)17-15(9-10-16-17)13-5-6-13/h3-4,7-10,13,18H,1-2,5-6,11H2. The second kappa shape index (κ2) is 4.94. The first-order valence-electron chi connectivity index (χ1n) is 6.62. The van der Waals surface area contributed by atoms with Gasteiger partial charge in [-0.3, -0.25) is 0 Å². The van der Waals surface area contributed by atoms with Gasteiger partial charge in [0.05, 0.1) is 5.69 Å². The summed E-state index contributed by atoms with van der Waals surface area (Å²) >= 11 is 0. The monoisotopic (exact) mass is 242 g/mol. The molecule has 0 spiro atoms. The number of benzene rings is 1. The van der Waals surface area contributed by atoms with Crippen molar-refractivity contribution in [1.82, 2.24) is 9.78 Å². The highest BCUT2D eigenvalue weighted by molar-refractivity contribution is 5.36. The lowest BCUT2D eigenvalue weighted by atomic mass is 10.1. The van der Waals surface area contributed by atoms with Crippen LogP contribution >= 0.6 is 0 Å². The lowest BCUT2D eigenvalue weighted by Crippen LogP contribution is -2.01. The van der Waals surface area contributed by atoms with E-state index in [1.54, 1.807) is 0 Å². The summed E-state index contributed by atoms with van der Waals surface area (Å²) in [7, 11) is 0. The molecule has 0 radical (unpaired) electrons. The Morgan fingerprint density at radius 1 is 1.17 bits per heavy atom. The molecule has 3 heteroatoms. The summed E-state index contributed by atoms with van der Waals surface area (Å²) in [5.41, 5.74) is 3.74. The van der Waals surface area contributed by atoms with E-state index >= 15 is 0 Å². The summed E-state index contributed by atoms with van der Waals surface area (Å²) in [4.78, 5) is 0. The molecule has 0 amide bonds. The molecule has 1 N–H and O–H groups in total. The lowest BCUT2D eigenvalue weighted by Gasteiger charge is -2.07. The molecule has 1 fully saturated rings. The minimum Gasteiger partial charge on any atom is -0.396 e. The lowest BCUT2D eigenvalue weighted by molar-refractivity contribution is 0.288. The zero-order valence-corrected chi connectivity index (χ0v) is 10.4. The number of nitrogens with zero attached hydrogens (tertiary/aromatic N) is 2. The van der Waals surface area contributed by atoms with Crippen molar-refractivity contribution in [3.63, 3.8) is 0 Å². The molecule has 1 aromatic heterocycles. The Labute approximate surface area is 107 Å². The van der Waals surface area contributed by atoms with Gasteiger partial charge in [0.25, 0.3) is 0 Å². The first kappa shape index (κ1) is 11.5. The van der Waals surface area contributed by atoms with Gasteiger partial charge in [-0.1, -0.05) is 12.1 Å². The predicted molar refractivity (Wildman–Crippen MR) is 70.9 cm³/mol. The molecular formula is C15H18N2O. The molecule has 1 saturated carbocycles. The molecule has 1 aliphatic carbocycles. The third kappa shape index (κ3) is 2.31. The number of aromatic nitrogens is 2. The SMILES string of the molecule is OCCCc1ccc(-n2nccc2C2CC2)cc1. The van der Waals surface area contributed by atoms with Gasteiger partial charge in [-0.2, -0.15) is 5.10 Å². The van der Waals surface area contributed by atoms with Crippen LogP contribution in [0.2, 0.25) is 0 Å². The van der Waals surface area contributed by atoms with Gasteiger partial charge in [0.15, 0.2) is 0 Å². The summed E-state index contributed by atoms with van der Waals surface area (Å²) in [6.07, 6.45) is 6.23. The first-order chi connectivity index (χ1) is 8.88. The highest BCUT2D eigenvalue weighted by Gasteiger charge is 2.27. The van der Waals surface area contributed by atoms with Gasteiger partial charge < -0.3 is 5.11 Å². The third-order valence-electron chi connectivity index (χ3n) is 3.47. The van der Waals surface area contributed by atoms with Crippen molar-refractivity contribution in [3.8, 4) is 5.69 Å². The number of aryl methyl sites for hydroxylation is 1. The molecular weight excluding hydrogens is 224 g/mol. The summed E-state index contributed by atoms with van der Waals surface area (Å²) in [5.74, 6) is 0.710. The molecule has 1 aliphatic rings. The van der Waals surface area contributed by atoms with Crippen LogP contribution in [0.15, 0.2) is 36.5 Å². The van der Waals surface area contributed by atoms with Crippen LogP contribution in [0.1, 0.15) is 36.4 Å². The van der Waals surface area contributed by atoms with Gasteiger partial charge in [0, 0.05) is 24.4 Å². The second-order valence-corrected chi connectivity index (χ2v) is 4.94. The topological polar surface area (TPSA) is 38.0 Å². The van der Waals surface area contributed by atoms with E-state index in [0.29, 0.717) is 5.92 Å². The number of aliphatic hydroxyl groups excluding tert-OH is 1. The van der Waals surface area contributed by atoms with Crippen molar-refractivity contribution in [2.45, 2.75) is 31.6 Å².